The van der Waals surface area contributed by atoms with Crippen LogP contribution in [0.25, 0.3) is 16.8 Å². The molecule has 0 aliphatic heterocycles. The molecule has 4 rings (SSSR count). The second-order valence-electron chi connectivity index (χ2n) is 6.40. The Hall–Kier alpha value is -3.78. The number of hydrogen-bond acceptors (Lipinski definition) is 4. The van der Waals surface area contributed by atoms with E-state index in [-0.39, 0.29) is 24.4 Å². The van der Waals surface area contributed by atoms with Crippen molar-refractivity contribution in [3.8, 4) is 11.3 Å². The second kappa shape index (κ2) is 7.69. The average molecular weight is 392 g/mol. The third-order valence-corrected chi connectivity index (χ3v) is 4.53. The number of carbonyl (C=O) groups excluding carboxylic acids is 1. The molecular weight excluding hydrogens is 375 g/mol. The summed E-state index contributed by atoms with van der Waals surface area (Å²) >= 11 is 0. The Bertz CT molecular complexity index is 1250. The maximum atomic E-state index is 13.7. The number of nitrogens with one attached hydrogen (secondary N) is 1. The first kappa shape index (κ1) is 18.6. The van der Waals surface area contributed by atoms with Crippen molar-refractivity contribution in [2.75, 3.05) is 5.32 Å². The number of rotatable bonds is 5. The van der Waals surface area contributed by atoms with Crippen molar-refractivity contribution in [1.82, 2.24) is 14.2 Å². The molecular formula is C21H17FN4O3. The van der Waals surface area contributed by atoms with Crippen molar-refractivity contribution in [3.05, 3.63) is 88.7 Å². The number of anilines is 1. The van der Waals surface area contributed by atoms with Gasteiger partial charge in [0.1, 0.15) is 17.9 Å². The summed E-state index contributed by atoms with van der Waals surface area (Å²) < 4.78 is 16.3. The summed E-state index contributed by atoms with van der Waals surface area (Å²) in [5.74, 6) is -1.11. The van der Waals surface area contributed by atoms with Crippen molar-refractivity contribution >= 4 is 17.1 Å². The fourth-order valence-electron chi connectivity index (χ4n) is 3.16. The van der Waals surface area contributed by atoms with Crippen LogP contribution >= 0.6 is 0 Å². The van der Waals surface area contributed by atoms with Gasteiger partial charge in [-0.1, -0.05) is 42.5 Å². The van der Waals surface area contributed by atoms with Crippen molar-refractivity contribution in [2.45, 2.75) is 13.2 Å². The van der Waals surface area contributed by atoms with Gasteiger partial charge in [-0.25, -0.2) is 8.91 Å². The van der Waals surface area contributed by atoms with E-state index in [1.54, 1.807) is 12.3 Å². The van der Waals surface area contributed by atoms with E-state index in [2.05, 4.69) is 10.4 Å². The van der Waals surface area contributed by atoms with Crippen LogP contribution in [0, 0.1) is 5.82 Å². The second-order valence-corrected chi connectivity index (χ2v) is 6.40. The van der Waals surface area contributed by atoms with Gasteiger partial charge in [0.05, 0.1) is 18.0 Å². The number of para-hydroxylation sites is 1. The molecule has 2 heterocycles. The van der Waals surface area contributed by atoms with E-state index in [1.165, 1.54) is 33.5 Å². The number of aliphatic hydroxyl groups is 1. The number of halogens is 1. The first-order valence-corrected chi connectivity index (χ1v) is 8.90. The first-order chi connectivity index (χ1) is 14.1. The molecule has 1 amide bonds. The van der Waals surface area contributed by atoms with Crippen molar-refractivity contribution < 1.29 is 14.3 Å². The zero-order valence-electron chi connectivity index (χ0n) is 15.2. The Balaban J connectivity index is 1.70. The van der Waals surface area contributed by atoms with Crippen molar-refractivity contribution in [1.29, 1.82) is 0 Å². The summed E-state index contributed by atoms with van der Waals surface area (Å²) in [5, 5.41) is 16.7. The van der Waals surface area contributed by atoms with Gasteiger partial charge >= 0.3 is 0 Å². The lowest BCUT2D eigenvalue weighted by Crippen LogP contribution is -2.28. The molecule has 0 radical (unpaired) electrons. The van der Waals surface area contributed by atoms with Gasteiger partial charge in [0.15, 0.2) is 0 Å². The van der Waals surface area contributed by atoms with Gasteiger partial charge in [-0.2, -0.15) is 5.10 Å². The normalized spacial score (nSPS) is 11.0. The molecule has 0 fully saturated rings. The third kappa shape index (κ3) is 3.53. The Morgan fingerprint density at radius 3 is 2.52 bits per heavy atom. The topological polar surface area (TPSA) is 88.6 Å². The predicted octanol–water partition coefficient (Wildman–Crippen LogP) is 2.43. The quantitative estimate of drug-likeness (QED) is 0.546. The lowest BCUT2D eigenvalue weighted by atomic mass is 10.1. The lowest BCUT2D eigenvalue weighted by Gasteiger charge is -2.08. The highest BCUT2D eigenvalue weighted by atomic mass is 19.1. The summed E-state index contributed by atoms with van der Waals surface area (Å²) in [4.78, 5) is 25.2. The molecule has 2 aromatic carbocycles. The number of hydrogen-bond donors (Lipinski definition) is 2. The molecule has 0 saturated heterocycles. The molecule has 7 nitrogen and oxygen atoms in total. The third-order valence-electron chi connectivity index (χ3n) is 4.53. The van der Waals surface area contributed by atoms with Crippen LogP contribution in [-0.2, 0) is 17.9 Å². The zero-order valence-corrected chi connectivity index (χ0v) is 15.2. The Kier molecular flexibility index (Phi) is 4.92. The van der Waals surface area contributed by atoms with Gasteiger partial charge in [-0.3, -0.25) is 9.59 Å². The molecule has 0 bridgehead atoms. The van der Waals surface area contributed by atoms with Crippen LogP contribution in [0.2, 0.25) is 0 Å². The summed E-state index contributed by atoms with van der Waals surface area (Å²) in [6.07, 6.45) is 2.97. The summed E-state index contributed by atoms with van der Waals surface area (Å²) in [6, 6.07) is 15.0. The highest BCUT2D eigenvalue weighted by Gasteiger charge is 2.18. The molecule has 2 aromatic heterocycles. The largest absolute Gasteiger partial charge is 0.392 e. The van der Waals surface area contributed by atoms with Crippen LogP contribution in [0.5, 0.6) is 0 Å². The zero-order chi connectivity index (χ0) is 20.4. The standard InChI is InChI=1S/C21H17FN4O3/c22-16-8-4-5-9-17(16)23-18(28)12-25-10-11-26-20(21(25)29)15(13-27)19(24-26)14-6-2-1-3-7-14/h1-11,27H,12-13H2,(H,23,28). The molecule has 0 atom stereocenters. The molecule has 0 spiro atoms. The van der Waals surface area contributed by atoms with Gasteiger partial charge in [0, 0.05) is 23.5 Å². The number of carbonyl (C=O) groups is 1. The van der Waals surface area contributed by atoms with E-state index in [0.29, 0.717) is 11.3 Å². The van der Waals surface area contributed by atoms with Crippen LogP contribution in [0.4, 0.5) is 10.1 Å². The number of amides is 1. The molecule has 29 heavy (non-hydrogen) atoms. The summed E-state index contributed by atoms with van der Waals surface area (Å²) in [5.41, 5.74) is 1.40. The van der Waals surface area contributed by atoms with Crippen LogP contribution in [-0.4, -0.2) is 25.2 Å². The summed E-state index contributed by atoms with van der Waals surface area (Å²) in [7, 11) is 0. The Labute approximate surface area is 164 Å². The maximum absolute atomic E-state index is 13.7. The minimum absolute atomic E-state index is 0.0402. The molecule has 0 aliphatic carbocycles. The minimum Gasteiger partial charge on any atom is -0.392 e. The fourth-order valence-corrected chi connectivity index (χ4v) is 3.16. The number of nitrogens with zero attached hydrogens (tertiary/aromatic N) is 3. The van der Waals surface area contributed by atoms with E-state index in [9.17, 15) is 19.1 Å². The SMILES string of the molecule is O=C(Cn1ccn2nc(-c3ccccc3)c(CO)c2c1=O)Nc1ccccc1F. The van der Waals surface area contributed by atoms with Gasteiger partial charge in [0.25, 0.3) is 5.56 Å². The Morgan fingerprint density at radius 2 is 1.79 bits per heavy atom. The van der Waals surface area contributed by atoms with Crippen molar-refractivity contribution in [2.24, 2.45) is 0 Å². The van der Waals surface area contributed by atoms with E-state index >= 15 is 0 Å². The van der Waals surface area contributed by atoms with Crippen LogP contribution in [0.1, 0.15) is 5.56 Å². The predicted molar refractivity (Wildman–Crippen MR) is 106 cm³/mol. The average Bonchev–Trinajstić information content (AvgIpc) is 3.12. The minimum atomic E-state index is -0.561. The first-order valence-electron chi connectivity index (χ1n) is 8.90. The number of fused-ring (bicyclic) bond motifs is 1. The van der Waals surface area contributed by atoms with E-state index in [4.69, 9.17) is 0 Å². The molecule has 0 unspecified atom stereocenters. The van der Waals surface area contributed by atoms with E-state index < -0.39 is 17.3 Å². The van der Waals surface area contributed by atoms with Crippen molar-refractivity contribution in [3.63, 3.8) is 0 Å². The van der Waals surface area contributed by atoms with Gasteiger partial charge in [-0.05, 0) is 12.1 Å². The smallest absolute Gasteiger partial charge is 0.277 e. The molecule has 2 N–H and O–H groups in total. The van der Waals surface area contributed by atoms with E-state index in [1.807, 2.05) is 30.3 Å². The Morgan fingerprint density at radius 1 is 1.07 bits per heavy atom. The monoisotopic (exact) mass is 392 g/mol. The van der Waals surface area contributed by atoms with Gasteiger partial charge in [-0.15, -0.1) is 0 Å². The molecule has 4 aromatic rings. The van der Waals surface area contributed by atoms with Crippen LogP contribution in [0.15, 0.2) is 71.8 Å². The molecule has 0 saturated carbocycles. The highest BCUT2D eigenvalue weighted by Crippen LogP contribution is 2.24. The van der Waals surface area contributed by atoms with Gasteiger partial charge < -0.3 is 15.0 Å². The van der Waals surface area contributed by atoms with E-state index in [0.717, 1.165) is 5.56 Å². The fraction of sp³-hybridized carbons (Fsp3) is 0.0952. The maximum Gasteiger partial charge on any atom is 0.277 e. The van der Waals surface area contributed by atoms with Crippen LogP contribution in [0.3, 0.4) is 0 Å². The number of aliphatic hydroxyl groups excluding tert-OH is 1. The molecule has 146 valence electrons. The number of aromatic nitrogens is 3. The lowest BCUT2D eigenvalue weighted by molar-refractivity contribution is -0.116. The highest BCUT2D eigenvalue weighted by molar-refractivity contribution is 5.90. The van der Waals surface area contributed by atoms with Crippen LogP contribution < -0.4 is 10.9 Å². The van der Waals surface area contributed by atoms with Gasteiger partial charge in [0.2, 0.25) is 5.91 Å². The number of benzene rings is 2. The molecule has 0 aliphatic rings. The summed E-state index contributed by atoms with van der Waals surface area (Å²) in [6.45, 7) is -0.686. The molecule has 8 heteroatoms.